The molecule has 0 aromatic carbocycles. The lowest BCUT2D eigenvalue weighted by Gasteiger charge is -2.24. The molecule has 2 rings (SSSR count). The van der Waals surface area contributed by atoms with Gasteiger partial charge in [-0.2, -0.15) is 0 Å². The molecule has 5 heteroatoms. The summed E-state index contributed by atoms with van der Waals surface area (Å²) in [6, 6.07) is 0.102. The quantitative estimate of drug-likeness (QED) is 0.733. The Morgan fingerprint density at radius 2 is 2.50 bits per heavy atom. The van der Waals surface area contributed by atoms with Crippen LogP contribution in [0.4, 0.5) is 0 Å². The van der Waals surface area contributed by atoms with Crippen molar-refractivity contribution in [3.05, 3.63) is 17.7 Å². The Labute approximate surface area is 108 Å². The minimum absolute atomic E-state index is 0.0900. The minimum atomic E-state index is -0.148. The summed E-state index contributed by atoms with van der Waals surface area (Å²) in [5, 5.41) is 6.31. The maximum absolute atomic E-state index is 12.1. The van der Waals surface area contributed by atoms with Gasteiger partial charge in [0, 0.05) is 19.0 Å². The van der Waals surface area contributed by atoms with Crippen LogP contribution in [-0.4, -0.2) is 28.0 Å². The normalized spacial score (nSPS) is 20.2. The Kier molecular flexibility index (Phi) is 4.36. The van der Waals surface area contributed by atoms with Gasteiger partial charge in [-0.05, 0) is 13.3 Å². The van der Waals surface area contributed by atoms with Gasteiger partial charge in [0.25, 0.3) is 0 Å². The molecule has 2 unspecified atom stereocenters. The van der Waals surface area contributed by atoms with Crippen LogP contribution in [0.5, 0.6) is 0 Å². The summed E-state index contributed by atoms with van der Waals surface area (Å²) in [6.45, 7) is 4.92. The van der Waals surface area contributed by atoms with Gasteiger partial charge in [0.05, 0.1) is 23.8 Å². The lowest BCUT2D eigenvalue weighted by molar-refractivity contribution is -0.124. The van der Waals surface area contributed by atoms with Crippen LogP contribution in [0.25, 0.3) is 0 Å². The van der Waals surface area contributed by atoms with Crippen molar-refractivity contribution in [2.45, 2.75) is 58.2 Å². The largest absolute Gasteiger partial charge is 0.352 e. The van der Waals surface area contributed by atoms with E-state index in [4.69, 9.17) is 0 Å². The average Bonchev–Trinajstić information content (AvgIpc) is 2.83. The Balaban J connectivity index is 1.84. The summed E-state index contributed by atoms with van der Waals surface area (Å²) in [4.78, 5) is 19.4. The van der Waals surface area contributed by atoms with E-state index < -0.39 is 0 Å². The van der Waals surface area contributed by atoms with Crippen LogP contribution >= 0.6 is 0 Å². The Bertz CT molecular complexity index is 401. The molecule has 2 heterocycles. The molecule has 1 aliphatic heterocycles. The highest BCUT2D eigenvalue weighted by atomic mass is 16.2. The van der Waals surface area contributed by atoms with Crippen molar-refractivity contribution >= 4 is 5.91 Å². The smallest absolute Gasteiger partial charge is 0.237 e. The fourth-order valence-corrected chi connectivity index (χ4v) is 2.28. The number of amides is 1. The van der Waals surface area contributed by atoms with Gasteiger partial charge in [-0.15, -0.1) is 0 Å². The molecule has 0 spiro atoms. The van der Waals surface area contributed by atoms with Crippen LogP contribution in [-0.2, 0) is 17.8 Å². The van der Waals surface area contributed by atoms with Gasteiger partial charge in [0.2, 0.25) is 5.91 Å². The number of unbranched alkanes of at least 4 members (excludes halogenated alkanes) is 1. The molecule has 1 amide bonds. The SMILES string of the molecule is CCCCC(C)NC(=O)C1Cc2nc[nH]c2CN1. The van der Waals surface area contributed by atoms with Crippen molar-refractivity contribution in [1.82, 2.24) is 20.6 Å². The van der Waals surface area contributed by atoms with Gasteiger partial charge in [-0.3, -0.25) is 10.1 Å². The number of carbonyl (C=O) groups excluding carboxylic acids is 1. The van der Waals surface area contributed by atoms with Gasteiger partial charge in [0.1, 0.15) is 0 Å². The zero-order valence-electron chi connectivity index (χ0n) is 11.1. The lowest BCUT2D eigenvalue weighted by atomic mass is 10.0. The number of aromatic amines is 1. The van der Waals surface area contributed by atoms with Crippen LogP contribution in [0.1, 0.15) is 44.5 Å². The molecule has 0 bridgehead atoms. The predicted octanol–water partition coefficient (Wildman–Crippen LogP) is 1.12. The van der Waals surface area contributed by atoms with E-state index in [1.807, 2.05) is 0 Å². The summed E-state index contributed by atoms with van der Waals surface area (Å²) in [7, 11) is 0. The number of carbonyl (C=O) groups is 1. The Morgan fingerprint density at radius 1 is 1.67 bits per heavy atom. The van der Waals surface area contributed by atoms with E-state index in [2.05, 4.69) is 34.4 Å². The second-order valence-corrected chi connectivity index (χ2v) is 5.02. The van der Waals surface area contributed by atoms with E-state index in [0.29, 0.717) is 13.0 Å². The maximum atomic E-state index is 12.1. The molecule has 100 valence electrons. The van der Waals surface area contributed by atoms with E-state index in [1.54, 1.807) is 6.33 Å². The number of imidazole rings is 1. The van der Waals surface area contributed by atoms with E-state index in [1.165, 1.54) is 6.42 Å². The third kappa shape index (κ3) is 3.10. The lowest BCUT2D eigenvalue weighted by Crippen LogP contribution is -2.49. The third-order valence-electron chi connectivity index (χ3n) is 3.43. The highest BCUT2D eigenvalue weighted by Crippen LogP contribution is 2.12. The van der Waals surface area contributed by atoms with Crippen molar-refractivity contribution in [3.8, 4) is 0 Å². The second kappa shape index (κ2) is 6.00. The van der Waals surface area contributed by atoms with E-state index in [-0.39, 0.29) is 18.0 Å². The van der Waals surface area contributed by atoms with Crippen LogP contribution in [0.3, 0.4) is 0 Å². The first-order valence-corrected chi connectivity index (χ1v) is 6.75. The molecule has 1 aliphatic rings. The van der Waals surface area contributed by atoms with Gasteiger partial charge in [-0.25, -0.2) is 4.98 Å². The second-order valence-electron chi connectivity index (χ2n) is 5.02. The molecule has 0 radical (unpaired) electrons. The predicted molar refractivity (Wildman–Crippen MR) is 70.0 cm³/mol. The van der Waals surface area contributed by atoms with Crippen LogP contribution in [0.15, 0.2) is 6.33 Å². The monoisotopic (exact) mass is 250 g/mol. The van der Waals surface area contributed by atoms with Crippen LogP contribution < -0.4 is 10.6 Å². The van der Waals surface area contributed by atoms with Crippen LogP contribution in [0, 0.1) is 0 Å². The summed E-state index contributed by atoms with van der Waals surface area (Å²) >= 11 is 0. The standard InChI is InChI=1S/C13H22N4O/c1-3-4-5-9(2)17-13(18)11-6-10-12(7-14-11)16-8-15-10/h8-9,11,14H,3-7H2,1-2H3,(H,15,16)(H,17,18). The third-order valence-corrected chi connectivity index (χ3v) is 3.43. The molecule has 1 aromatic heterocycles. The van der Waals surface area contributed by atoms with E-state index in [9.17, 15) is 4.79 Å². The first-order chi connectivity index (χ1) is 8.70. The number of hydrogen-bond acceptors (Lipinski definition) is 3. The minimum Gasteiger partial charge on any atom is -0.352 e. The first-order valence-electron chi connectivity index (χ1n) is 6.75. The van der Waals surface area contributed by atoms with Crippen molar-refractivity contribution in [2.24, 2.45) is 0 Å². The van der Waals surface area contributed by atoms with Crippen molar-refractivity contribution < 1.29 is 4.79 Å². The number of H-pyrrole nitrogens is 1. The number of aromatic nitrogens is 2. The summed E-state index contributed by atoms with van der Waals surface area (Å²) in [5.41, 5.74) is 2.10. The molecule has 0 saturated carbocycles. The zero-order chi connectivity index (χ0) is 13.0. The summed E-state index contributed by atoms with van der Waals surface area (Å²) in [6.07, 6.45) is 5.73. The molecular weight excluding hydrogens is 228 g/mol. The van der Waals surface area contributed by atoms with E-state index >= 15 is 0 Å². The number of fused-ring (bicyclic) bond motifs is 1. The molecule has 5 nitrogen and oxygen atoms in total. The first kappa shape index (κ1) is 13.1. The molecule has 1 aromatic rings. The number of rotatable bonds is 5. The fraction of sp³-hybridized carbons (Fsp3) is 0.692. The maximum Gasteiger partial charge on any atom is 0.237 e. The molecule has 0 aliphatic carbocycles. The number of nitrogens with zero attached hydrogens (tertiary/aromatic N) is 1. The highest BCUT2D eigenvalue weighted by Gasteiger charge is 2.26. The molecular formula is C13H22N4O. The number of nitrogens with one attached hydrogen (secondary N) is 3. The topological polar surface area (TPSA) is 69.8 Å². The van der Waals surface area contributed by atoms with Gasteiger partial charge in [0.15, 0.2) is 0 Å². The zero-order valence-corrected chi connectivity index (χ0v) is 11.1. The van der Waals surface area contributed by atoms with Gasteiger partial charge >= 0.3 is 0 Å². The summed E-state index contributed by atoms with van der Waals surface area (Å²) < 4.78 is 0. The molecule has 0 saturated heterocycles. The van der Waals surface area contributed by atoms with E-state index in [0.717, 1.165) is 24.2 Å². The molecule has 0 fully saturated rings. The fourth-order valence-electron chi connectivity index (χ4n) is 2.28. The highest BCUT2D eigenvalue weighted by molar-refractivity contribution is 5.82. The molecule has 3 N–H and O–H groups in total. The summed E-state index contributed by atoms with van der Waals surface area (Å²) in [5.74, 6) is 0.0900. The van der Waals surface area contributed by atoms with Gasteiger partial charge in [-0.1, -0.05) is 19.8 Å². The number of hydrogen-bond donors (Lipinski definition) is 3. The Hall–Kier alpha value is -1.36. The Morgan fingerprint density at radius 3 is 3.28 bits per heavy atom. The van der Waals surface area contributed by atoms with Gasteiger partial charge < -0.3 is 10.3 Å². The molecule has 2 atom stereocenters. The average molecular weight is 250 g/mol. The molecule has 18 heavy (non-hydrogen) atoms. The van der Waals surface area contributed by atoms with Crippen molar-refractivity contribution in [3.63, 3.8) is 0 Å². The van der Waals surface area contributed by atoms with Crippen molar-refractivity contribution in [2.75, 3.05) is 0 Å². The van der Waals surface area contributed by atoms with Crippen LogP contribution in [0.2, 0.25) is 0 Å². The van der Waals surface area contributed by atoms with Crippen molar-refractivity contribution in [1.29, 1.82) is 0 Å².